The summed E-state index contributed by atoms with van der Waals surface area (Å²) < 4.78 is 5.97. The van der Waals surface area contributed by atoms with Crippen LogP contribution in [0.1, 0.15) is 38.0 Å². The van der Waals surface area contributed by atoms with Crippen molar-refractivity contribution >= 4 is 11.6 Å². The minimum Gasteiger partial charge on any atom is -0.486 e. The van der Waals surface area contributed by atoms with Crippen LogP contribution in [-0.4, -0.2) is 11.4 Å². The number of benzene rings is 2. The van der Waals surface area contributed by atoms with Crippen molar-refractivity contribution in [3.63, 3.8) is 0 Å². The molecule has 0 saturated carbocycles. The summed E-state index contributed by atoms with van der Waals surface area (Å²) in [6.07, 6.45) is -0.0426. The van der Waals surface area contributed by atoms with E-state index in [0.717, 1.165) is 22.6 Å². The summed E-state index contributed by atoms with van der Waals surface area (Å²) in [7, 11) is 0. The van der Waals surface area contributed by atoms with Crippen LogP contribution < -0.4 is 15.8 Å². The molecule has 0 radical (unpaired) electrons. The van der Waals surface area contributed by atoms with Crippen LogP contribution in [0.25, 0.3) is 0 Å². The van der Waals surface area contributed by atoms with Gasteiger partial charge in [-0.3, -0.25) is 4.79 Å². The Kier molecular flexibility index (Phi) is 5.06. The van der Waals surface area contributed by atoms with E-state index >= 15 is 0 Å². The van der Waals surface area contributed by atoms with Gasteiger partial charge in [-0.15, -0.1) is 0 Å². The van der Waals surface area contributed by atoms with E-state index in [4.69, 9.17) is 10.5 Å². The molecule has 2 aromatic carbocycles. The molecule has 0 saturated heterocycles. The number of ether oxygens (including phenoxy) is 1. The Balaban J connectivity index is 2.09. The minimum absolute atomic E-state index is 0.0426. The van der Waals surface area contributed by atoms with E-state index in [-0.39, 0.29) is 12.0 Å². The number of amides is 1. The first-order chi connectivity index (χ1) is 10.8. The van der Waals surface area contributed by atoms with E-state index in [2.05, 4.69) is 5.32 Å². The van der Waals surface area contributed by atoms with Crippen molar-refractivity contribution in [2.75, 3.05) is 5.32 Å². The maximum Gasteiger partial charge on any atom is 0.243 e. The lowest BCUT2D eigenvalue weighted by atomic mass is 10.1. The summed E-state index contributed by atoms with van der Waals surface area (Å²) in [4.78, 5) is 12.0. The number of carbonyl (C=O) groups excluding carboxylic acids is 1. The van der Waals surface area contributed by atoms with Crippen LogP contribution in [0, 0.1) is 6.92 Å². The quantitative estimate of drug-likeness (QED) is 0.882. The van der Waals surface area contributed by atoms with Crippen LogP contribution in [0.15, 0.2) is 48.5 Å². The Morgan fingerprint density at radius 2 is 1.83 bits per heavy atom. The SMILES string of the molecule is Cc1cc(OC(C)c2ccccc2)ccc1NC(=O)C(C)(C)N. The summed E-state index contributed by atoms with van der Waals surface area (Å²) in [5.41, 5.74) is 7.68. The van der Waals surface area contributed by atoms with Gasteiger partial charge in [0.1, 0.15) is 11.9 Å². The first-order valence-corrected chi connectivity index (χ1v) is 7.70. The number of hydrogen-bond acceptors (Lipinski definition) is 3. The van der Waals surface area contributed by atoms with Crippen molar-refractivity contribution < 1.29 is 9.53 Å². The van der Waals surface area contributed by atoms with Gasteiger partial charge in [-0.05, 0) is 57.0 Å². The van der Waals surface area contributed by atoms with Crippen molar-refractivity contribution in [2.24, 2.45) is 5.73 Å². The molecule has 4 nitrogen and oxygen atoms in total. The fourth-order valence-corrected chi connectivity index (χ4v) is 2.13. The molecule has 2 aromatic rings. The molecule has 1 unspecified atom stereocenters. The molecule has 0 aromatic heterocycles. The van der Waals surface area contributed by atoms with Gasteiger partial charge in [0.15, 0.2) is 0 Å². The van der Waals surface area contributed by atoms with Gasteiger partial charge in [0.05, 0.1) is 5.54 Å². The Hall–Kier alpha value is -2.33. The van der Waals surface area contributed by atoms with E-state index < -0.39 is 5.54 Å². The molecule has 0 fully saturated rings. The normalized spacial score (nSPS) is 12.6. The van der Waals surface area contributed by atoms with E-state index in [1.807, 2.05) is 62.4 Å². The average molecular weight is 312 g/mol. The molecule has 0 aliphatic rings. The smallest absolute Gasteiger partial charge is 0.243 e. The third-order valence-corrected chi connectivity index (χ3v) is 3.61. The molecule has 0 aliphatic heterocycles. The highest BCUT2D eigenvalue weighted by atomic mass is 16.5. The van der Waals surface area contributed by atoms with Crippen LogP contribution >= 0.6 is 0 Å². The van der Waals surface area contributed by atoms with Gasteiger partial charge in [-0.2, -0.15) is 0 Å². The molecule has 0 aliphatic carbocycles. The zero-order valence-electron chi connectivity index (χ0n) is 14.1. The fraction of sp³-hybridized carbons (Fsp3) is 0.316. The van der Waals surface area contributed by atoms with E-state index in [1.54, 1.807) is 13.8 Å². The number of aryl methyl sites for hydroxylation is 1. The van der Waals surface area contributed by atoms with Crippen LogP contribution in [0.5, 0.6) is 5.75 Å². The molecule has 23 heavy (non-hydrogen) atoms. The molecule has 0 bridgehead atoms. The number of nitrogens with one attached hydrogen (secondary N) is 1. The summed E-state index contributed by atoms with van der Waals surface area (Å²) in [6.45, 7) is 7.30. The lowest BCUT2D eigenvalue weighted by molar-refractivity contribution is -0.120. The molecule has 0 spiro atoms. The van der Waals surface area contributed by atoms with E-state index in [1.165, 1.54) is 0 Å². The van der Waals surface area contributed by atoms with Gasteiger partial charge in [-0.1, -0.05) is 30.3 Å². The highest BCUT2D eigenvalue weighted by Gasteiger charge is 2.22. The second kappa shape index (κ2) is 6.84. The van der Waals surface area contributed by atoms with Gasteiger partial charge in [-0.25, -0.2) is 0 Å². The van der Waals surface area contributed by atoms with Gasteiger partial charge in [0.25, 0.3) is 0 Å². The van der Waals surface area contributed by atoms with Crippen LogP contribution in [0.3, 0.4) is 0 Å². The van der Waals surface area contributed by atoms with Crippen LogP contribution in [-0.2, 0) is 4.79 Å². The zero-order valence-corrected chi connectivity index (χ0v) is 14.1. The molecule has 2 rings (SSSR count). The van der Waals surface area contributed by atoms with Crippen LogP contribution in [0.2, 0.25) is 0 Å². The first-order valence-electron chi connectivity index (χ1n) is 7.70. The van der Waals surface area contributed by atoms with Gasteiger partial charge in [0.2, 0.25) is 5.91 Å². The summed E-state index contributed by atoms with van der Waals surface area (Å²) in [6, 6.07) is 15.7. The number of rotatable bonds is 5. The number of hydrogen-bond donors (Lipinski definition) is 2. The third kappa shape index (κ3) is 4.57. The average Bonchev–Trinajstić information content (AvgIpc) is 2.49. The fourth-order valence-electron chi connectivity index (χ4n) is 2.13. The van der Waals surface area contributed by atoms with E-state index in [9.17, 15) is 4.79 Å². The Morgan fingerprint density at radius 1 is 1.17 bits per heavy atom. The standard InChI is InChI=1S/C19H24N2O2/c1-13-12-16(23-14(2)15-8-6-5-7-9-15)10-11-17(13)21-18(22)19(3,4)20/h5-12,14H,20H2,1-4H3,(H,21,22). The lowest BCUT2D eigenvalue weighted by Crippen LogP contribution is -2.45. The van der Waals surface area contributed by atoms with Crippen LogP contribution in [0.4, 0.5) is 5.69 Å². The number of carbonyl (C=O) groups is 1. The Bertz CT molecular complexity index is 676. The van der Waals surface area contributed by atoms with Gasteiger partial charge < -0.3 is 15.8 Å². The summed E-state index contributed by atoms with van der Waals surface area (Å²) in [5.74, 6) is 0.552. The molecule has 4 heteroatoms. The number of nitrogens with two attached hydrogens (primary N) is 1. The maximum atomic E-state index is 12.0. The van der Waals surface area contributed by atoms with Crippen molar-refractivity contribution in [3.05, 3.63) is 59.7 Å². The van der Waals surface area contributed by atoms with Gasteiger partial charge in [0, 0.05) is 5.69 Å². The number of anilines is 1. The third-order valence-electron chi connectivity index (χ3n) is 3.61. The summed E-state index contributed by atoms with van der Waals surface area (Å²) in [5, 5.41) is 2.84. The van der Waals surface area contributed by atoms with E-state index in [0.29, 0.717) is 0 Å². The largest absolute Gasteiger partial charge is 0.486 e. The minimum atomic E-state index is -0.913. The second-order valence-corrected chi connectivity index (χ2v) is 6.32. The molecule has 122 valence electrons. The van der Waals surface area contributed by atoms with Crippen molar-refractivity contribution in [1.82, 2.24) is 0 Å². The first kappa shape index (κ1) is 17.0. The highest BCUT2D eigenvalue weighted by molar-refractivity contribution is 5.97. The predicted octanol–water partition coefficient (Wildman–Crippen LogP) is 3.81. The molecule has 1 amide bonds. The molecule has 0 heterocycles. The van der Waals surface area contributed by atoms with Crippen molar-refractivity contribution in [3.8, 4) is 5.75 Å². The molecule has 3 N–H and O–H groups in total. The Labute approximate surface area is 137 Å². The highest BCUT2D eigenvalue weighted by Crippen LogP contribution is 2.26. The maximum absolute atomic E-state index is 12.0. The lowest BCUT2D eigenvalue weighted by Gasteiger charge is -2.20. The zero-order chi connectivity index (χ0) is 17.0. The van der Waals surface area contributed by atoms with Crippen molar-refractivity contribution in [1.29, 1.82) is 0 Å². The molecular weight excluding hydrogens is 288 g/mol. The van der Waals surface area contributed by atoms with Crippen molar-refractivity contribution in [2.45, 2.75) is 39.3 Å². The summed E-state index contributed by atoms with van der Waals surface area (Å²) >= 11 is 0. The topological polar surface area (TPSA) is 64.3 Å². The van der Waals surface area contributed by atoms with Gasteiger partial charge >= 0.3 is 0 Å². The molecule has 1 atom stereocenters. The Morgan fingerprint density at radius 3 is 2.39 bits per heavy atom. The predicted molar refractivity (Wildman–Crippen MR) is 93.6 cm³/mol. The second-order valence-electron chi connectivity index (χ2n) is 6.32. The monoisotopic (exact) mass is 312 g/mol. The molecular formula is C19H24N2O2.